The summed E-state index contributed by atoms with van der Waals surface area (Å²) >= 11 is 6.02. The van der Waals surface area contributed by atoms with E-state index in [1.165, 1.54) is 5.56 Å². The van der Waals surface area contributed by atoms with Crippen molar-refractivity contribution >= 4 is 11.6 Å². The van der Waals surface area contributed by atoms with E-state index in [1.54, 1.807) is 18.2 Å². The van der Waals surface area contributed by atoms with Crippen LogP contribution < -0.4 is 4.74 Å². The van der Waals surface area contributed by atoms with Gasteiger partial charge in [0.05, 0.1) is 6.61 Å². The molecule has 1 N–H and O–H groups in total. The van der Waals surface area contributed by atoms with Crippen LogP contribution in [0.1, 0.15) is 30.9 Å². The molecule has 100 valence electrons. The van der Waals surface area contributed by atoms with Crippen molar-refractivity contribution in [3.8, 4) is 11.5 Å². The molecule has 0 fully saturated rings. The second kappa shape index (κ2) is 6.09. The van der Waals surface area contributed by atoms with Gasteiger partial charge in [0.15, 0.2) is 0 Å². The van der Waals surface area contributed by atoms with Gasteiger partial charge in [0.1, 0.15) is 11.5 Å². The summed E-state index contributed by atoms with van der Waals surface area (Å²) in [5.41, 5.74) is 1.98. The maximum atomic E-state index is 9.06. The first-order valence-corrected chi connectivity index (χ1v) is 6.65. The van der Waals surface area contributed by atoms with Crippen molar-refractivity contribution in [2.24, 2.45) is 0 Å². The Hall–Kier alpha value is -1.51. The Balaban J connectivity index is 2.14. The number of aliphatic hydroxyl groups excluding tert-OH is 1. The lowest BCUT2D eigenvalue weighted by Crippen LogP contribution is -1.90. The monoisotopic (exact) mass is 276 g/mol. The highest BCUT2D eigenvalue weighted by atomic mass is 35.5. The zero-order valence-corrected chi connectivity index (χ0v) is 11.8. The molecule has 2 aromatic rings. The highest BCUT2D eigenvalue weighted by Crippen LogP contribution is 2.27. The summed E-state index contributed by atoms with van der Waals surface area (Å²) in [6, 6.07) is 13.3. The van der Waals surface area contributed by atoms with Crippen LogP contribution in [-0.4, -0.2) is 5.11 Å². The molecule has 0 aliphatic rings. The van der Waals surface area contributed by atoms with E-state index in [1.807, 2.05) is 12.1 Å². The summed E-state index contributed by atoms with van der Waals surface area (Å²) in [6.07, 6.45) is 0. The van der Waals surface area contributed by atoms with Crippen LogP contribution in [0.2, 0.25) is 5.02 Å². The smallest absolute Gasteiger partial charge is 0.128 e. The Labute approximate surface area is 118 Å². The van der Waals surface area contributed by atoms with E-state index in [-0.39, 0.29) is 6.61 Å². The Morgan fingerprint density at radius 1 is 1.05 bits per heavy atom. The normalized spacial score (nSPS) is 10.8. The van der Waals surface area contributed by atoms with Crippen LogP contribution in [0.4, 0.5) is 0 Å². The molecule has 2 aromatic carbocycles. The van der Waals surface area contributed by atoms with Gasteiger partial charge in [-0.25, -0.2) is 0 Å². The third-order valence-corrected chi connectivity index (χ3v) is 3.33. The summed E-state index contributed by atoms with van der Waals surface area (Å²) in [5.74, 6) is 1.95. The van der Waals surface area contributed by atoms with Crippen molar-refractivity contribution < 1.29 is 9.84 Å². The molecule has 0 bridgehead atoms. The Kier molecular flexibility index (Phi) is 4.46. The van der Waals surface area contributed by atoms with Gasteiger partial charge in [-0.05, 0) is 41.3 Å². The van der Waals surface area contributed by atoms with Gasteiger partial charge < -0.3 is 9.84 Å². The minimum absolute atomic E-state index is 0.0673. The van der Waals surface area contributed by atoms with Gasteiger partial charge in [-0.1, -0.05) is 43.6 Å². The topological polar surface area (TPSA) is 29.5 Å². The number of aliphatic hydroxyl groups is 1. The number of rotatable bonds is 4. The Morgan fingerprint density at radius 3 is 2.21 bits per heavy atom. The third kappa shape index (κ3) is 3.49. The number of hydrogen-bond donors (Lipinski definition) is 1. The molecular weight excluding hydrogens is 260 g/mol. The summed E-state index contributed by atoms with van der Waals surface area (Å²) in [7, 11) is 0. The first-order chi connectivity index (χ1) is 9.10. The first kappa shape index (κ1) is 13.9. The second-order valence-corrected chi connectivity index (χ2v) is 5.14. The molecule has 0 spiro atoms. The van der Waals surface area contributed by atoms with Crippen LogP contribution in [0.3, 0.4) is 0 Å². The zero-order chi connectivity index (χ0) is 13.8. The molecule has 0 radical (unpaired) electrons. The Bertz CT molecular complexity index is 547. The lowest BCUT2D eigenvalue weighted by Gasteiger charge is -2.09. The maximum absolute atomic E-state index is 9.06. The maximum Gasteiger partial charge on any atom is 0.128 e. The fourth-order valence-corrected chi connectivity index (χ4v) is 2.01. The van der Waals surface area contributed by atoms with E-state index in [9.17, 15) is 0 Å². The number of halogens is 1. The molecule has 2 nitrogen and oxygen atoms in total. The standard InChI is InChI=1S/C16H17ClO2/c1-11(2)12-3-6-14(7-4-12)19-15-8-5-13(10-18)16(17)9-15/h3-9,11,18H,10H2,1-2H3. The van der Waals surface area contributed by atoms with Gasteiger partial charge in [0, 0.05) is 5.02 Å². The SMILES string of the molecule is CC(C)c1ccc(Oc2ccc(CO)c(Cl)c2)cc1. The van der Waals surface area contributed by atoms with Gasteiger partial charge in [0.25, 0.3) is 0 Å². The van der Waals surface area contributed by atoms with Crippen molar-refractivity contribution in [3.63, 3.8) is 0 Å². The summed E-state index contributed by atoms with van der Waals surface area (Å²) in [5, 5.41) is 9.57. The molecule has 0 atom stereocenters. The molecule has 0 saturated carbocycles. The van der Waals surface area contributed by atoms with E-state index in [0.29, 0.717) is 22.3 Å². The molecule has 3 heteroatoms. The van der Waals surface area contributed by atoms with Crippen LogP contribution in [0.15, 0.2) is 42.5 Å². The van der Waals surface area contributed by atoms with Crippen LogP contribution in [0, 0.1) is 0 Å². The van der Waals surface area contributed by atoms with Crippen molar-refractivity contribution in [1.29, 1.82) is 0 Å². The van der Waals surface area contributed by atoms with Gasteiger partial charge in [-0.15, -0.1) is 0 Å². The fraction of sp³-hybridized carbons (Fsp3) is 0.250. The van der Waals surface area contributed by atoms with Gasteiger partial charge in [0.2, 0.25) is 0 Å². The zero-order valence-electron chi connectivity index (χ0n) is 11.1. The van der Waals surface area contributed by atoms with Crippen LogP contribution in [0.25, 0.3) is 0 Å². The van der Waals surface area contributed by atoms with Crippen LogP contribution in [-0.2, 0) is 6.61 Å². The van der Waals surface area contributed by atoms with E-state index in [4.69, 9.17) is 21.4 Å². The summed E-state index contributed by atoms with van der Waals surface area (Å²) < 4.78 is 5.73. The number of ether oxygens (including phenoxy) is 1. The predicted molar refractivity (Wildman–Crippen MR) is 78.0 cm³/mol. The average molecular weight is 277 g/mol. The molecule has 0 saturated heterocycles. The highest BCUT2D eigenvalue weighted by Gasteiger charge is 2.04. The molecule has 19 heavy (non-hydrogen) atoms. The molecule has 0 heterocycles. The van der Waals surface area contributed by atoms with Gasteiger partial charge in [-0.2, -0.15) is 0 Å². The number of benzene rings is 2. The summed E-state index contributed by atoms with van der Waals surface area (Å²) in [4.78, 5) is 0. The lowest BCUT2D eigenvalue weighted by molar-refractivity contribution is 0.282. The van der Waals surface area contributed by atoms with E-state index >= 15 is 0 Å². The molecule has 0 aliphatic heterocycles. The minimum atomic E-state index is -0.0673. The van der Waals surface area contributed by atoms with E-state index < -0.39 is 0 Å². The fourth-order valence-electron chi connectivity index (χ4n) is 1.78. The second-order valence-electron chi connectivity index (χ2n) is 4.74. The average Bonchev–Trinajstić information content (AvgIpc) is 2.39. The molecule has 0 aromatic heterocycles. The largest absolute Gasteiger partial charge is 0.457 e. The van der Waals surface area contributed by atoms with E-state index in [2.05, 4.69) is 26.0 Å². The summed E-state index contributed by atoms with van der Waals surface area (Å²) in [6.45, 7) is 4.24. The van der Waals surface area contributed by atoms with Crippen molar-refractivity contribution in [3.05, 3.63) is 58.6 Å². The first-order valence-electron chi connectivity index (χ1n) is 6.27. The molecule has 0 amide bonds. The quantitative estimate of drug-likeness (QED) is 0.873. The Morgan fingerprint density at radius 2 is 1.68 bits per heavy atom. The molecule has 0 unspecified atom stereocenters. The molecular formula is C16H17ClO2. The minimum Gasteiger partial charge on any atom is -0.457 e. The lowest BCUT2D eigenvalue weighted by atomic mass is 10.0. The van der Waals surface area contributed by atoms with Gasteiger partial charge >= 0.3 is 0 Å². The van der Waals surface area contributed by atoms with Gasteiger partial charge in [-0.3, -0.25) is 0 Å². The molecule has 2 rings (SSSR count). The predicted octanol–water partition coefficient (Wildman–Crippen LogP) is 4.75. The van der Waals surface area contributed by atoms with E-state index in [0.717, 1.165) is 5.75 Å². The van der Waals surface area contributed by atoms with Crippen molar-refractivity contribution in [1.82, 2.24) is 0 Å². The highest BCUT2D eigenvalue weighted by molar-refractivity contribution is 6.31. The number of hydrogen-bond acceptors (Lipinski definition) is 2. The molecule has 0 aliphatic carbocycles. The van der Waals surface area contributed by atoms with Crippen molar-refractivity contribution in [2.45, 2.75) is 26.4 Å². The van der Waals surface area contributed by atoms with Crippen LogP contribution >= 0.6 is 11.6 Å². The third-order valence-electron chi connectivity index (χ3n) is 2.98. The van der Waals surface area contributed by atoms with Crippen LogP contribution in [0.5, 0.6) is 11.5 Å². The van der Waals surface area contributed by atoms with Crippen molar-refractivity contribution in [2.75, 3.05) is 0 Å².